The number of phosphoric acid groups is 1. The van der Waals surface area contributed by atoms with E-state index in [0.29, 0.717) is 0 Å². The zero-order valence-corrected chi connectivity index (χ0v) is 7.17. The van der Waals surface area contributed by atoms with Crippen LogP contribution in [0.2, 0.25) is 0 Å². The summed E-state index contributed by atoms with van der Waals surface area (Å²) >= 11 is 0. The summed E-state index contributed by atoms with van der Waals surface area (Å²) in [4.78, 5) is 21.6. The van der Waals surface area contributed by atoms with Crippen LogP contribution in [0, 0.1) is 0 Å². The van der Waals surface area contributed by atoms with Gasteiger partial charge < -0.3 is 20.2 Å². The van der Waals surface area contributed by atoms with Gasteiger partial charge in [0.15, 0.2) is 0 Å². The minimum atomic E-state index is -4.64. The predicted octanol–water partition coefficient (Wildman–Crippen LogP) is -1.05. The van der Waals surface area contributed by atoms with Crippen LogP contribution in [-0.4, -0.2) is 14.7 Å². The van der Waals surface area contributed by atoms with Gasteiger partial charge in [0.05, 0.1) is 0 Å². The first-order valence-corrected chi connectivity index (χ1v) is 2.35. The van der Waals surface area contributed by atoms with Crippen molar-refractivity contribution in [3.05, 3.63) is 0 Å². The smallest absolute Gasteiger partial charge is 2.00 e. The zero-order chi connectivity index (χ0) is 4.50. The predicted molar refractivity (Wildman–Crippen MR) is 14.9 cm³/mol. The monoisotopic (exact) mass is 178 g/mol. The average Bonchev–Trinajstić information content (AvgIpc) is 0.722. The summed E-state index contributed by atoms with van der Waals surface area (Å²) in [6.45, 7) is 0. The molecule has 0 aromatic rings. The van der Waals surface area contributed by atoms with E-state index >= 15 is 0 Å². The molecule has 0 heterocycles. The standard InChI is InChI=1S/H3O4P.O.Zn/c1-5(2,3)4;;/h(H3,1,2,3,4);;/q;-2;+2. The van der Waals surface area contributed by atoms with Crippen molar-refractivity contribution in [2.24, 2.45) is 0 Å². The Kier molecular flexibility index (Phi) is 10.8. The Morgan fingerprint density at radius 2 is 1.14 bits per heavy atom. The first kappa shape index (κ1) is 15.6. The van der Waals surface area contributed by atoms with Crippen molar-refractivity contribution in [1.82, 2.24) is 0 Å². The van der Waals surface area contributed by atoms with Crippen LogP contribution >= 0.6 is 7.82 Å². The molecule has 0 radical (unpaired) electrons. The van der Waals surface area contributed by atoms with Gasteiger partial charge in [0.2, 0.25) is 0 Å². The van der Waals surface area contributed by atoms with E-state index in [0.717, 1.165) is 0 Å². The van der Waals surface area contributed by atoms with Gasteiger partial charge in [-0.25, -0.2) is 4.57 Å². The van der Waals surface area contributed by atoms with E-state index in [1.807, 2.05) is 0 Å². The van der Waals surface area contributed by atoms with Gasteiger partial charge in [-0.05, 0) is 0 Å². The molecule has 0 aliphatic carbocycles. The maximum absolute atomic E-state index is 8.88. The summed E-state index contributed by atoms with van der Waals surface area (Å²) in [5, 5.41) is 0. The summed E-state index contributed by atoms with van der Waals surface area (Å²) in [5.74, 6) is 0. The van der Waals surface area contributed by atoms with Crippen molar-refractivity contribution in [3.63, 3.8) is 0 Å². The second-order valence-corrected chi connectivity index (χ2v) is 1.54. The van der Waals surface area contributed by atoms with Crippen LogP contribution in [0.4, 0.5) is 0 Å². The fraction of sp³-hybridized carbons (Fsp3) is 0. The Balaban J connectivity index is -0.0000000800. The summed E-state index contributed by atoms with van der Waals surface area (Å²) in [6, 6.07) is 0. The molecule has 0 aromatic heterocycles. The molecule has 7 heteroatoms. The van der Waals surface area contributed by atoms with Gasteiger partial charge in [-0.3, -0.25) is 0 Å². The van der Waals surface area contributed by atoms with Gasteiger partial charge in [0.1, 0.15) is 0 Å². The van der Waals surface area contributed by atoms with Crippen molar-refractivity contribution in [2.45, 2.75) is 0 Å². The van der Waals surface area contributed by atoms with Gasteiger partial charge in [-0.1, -0.05) is 0 Å². The first-order chi connectivity index (χ1) is 2.00. The average molecular weight is 179 g/mol. The molecule has 0 rings (SSSR count). The van der Waals surface area contributed by atoms with Crippen LogP contribution in [-0.2, 0) is 29.5 Å². The number of hydrogen-bond donors (Lipinski definition) is 3. The Hall–Kier alpha value is 0.693. The maximum atomic E-state index is 8.88. The Labute approximate surface area is 52.7 Å². The molecule has 3 N–H and O–H groups in total. The van der Waals surface area contributed by atoms with Crippen LogP contribution in [0.25, 0.3) is 0 Å². The van der Waals surface area contributed by atoms with Crippen LogP contribution in [0.15, 0.2) is 0 Å². The molecule has 0 unspecified atom stereocenters. The quantitative estimate of drug-likeness (QED) is 0.326. The van der Waals surface area contributed by atoms with Gasteiger partial charge in [-0.2, -0.15) is 0 Å². The number of hydrogen-bond acceptors (Lipinski definition) is 1. The molecule has 0 spiro atoms. The third kappa shape index (κ3) is 307. The fourth-order valence-electron chi connectivity index (χ4n) is 0. The molecule has 0 fully saturated rings. The van der Waals surface area contributed by atoms with Crippen molar-refractivity contribution < 1.29 is 44.2 Å². The third-order valence-corrected chi connectivity index (χ3v) is 0. The van der Waals surface area contributed by atoms with Crippen LogP contribution in [0.1, 0.15) is 0 Å². The Morgan fingerprint density at radius 1 is 1.14 bits per heavy atom. The van der Waals surface area contributed by atoms with E-state index in [9.17, 15) is 0 Å². The van der Waals surface area contributed by atoms with E-state index in [-0.39, 0.29) is 25.0 Å². The second-order valence-electron chi connectivity index (χ2n) is 0.513. The summed E-state index contributed by atoms with van der Waals surface area (Å²) in [5.41, 5.74) is 0. The van der Waals surface area contributed by atoms with Crippen LogP contribution in [0.3, 0.4) is 0 Å². The van der Waals surface area contributed by atoms with Gasteiger partial charge in [-0.15, -0.1) is 0 Å². The number of rotatable bonds is 0. The maximum Gasteiger partial charge on any atom is 2.00 e. The van der Waals surface area contributed by atoms with Crippen LogP contribution in [0.5, 0.6) is 0 Å². The Morgan fingerprint density at radius 3 is 1.14 bits per heavy atom. The SMILES string of the molecule is O=P(O)(O)O.[O-2].[Zn+2]. The normalized spacial score (nSPS) is 8.43. The van der Waals surface area contributed by atoms with Gasteiger partial charge >= 0.3 is 27.3 Å². The van der Waals surface area contributed by atoms with E-state index < -0.39 is 7.82 Å². The molecule has 0 aliphatic heterocycles. The molecule has 0 bridgehead atoms. The summed E-state index contributed by atoms with van der Waals surface area (Å²) < 4.78 is 8.88. The minimum absolute atomic E-state index is 0. The van der Waals surface area contributed by atoms with Gasteiger partial charge in [0.25, 0.3) is 0 Å². The van der Waals surface area contributed by atoms with E-state index in [1.165, 1.54) is 0 Å². The third-order valence-electron chi connectivity index (χ3n) is 0. The molecular weight excluding hydrogens is 176 g/mol. The zero-order valence-electron chi connectivity index (χ0n) is 3.31. The largest absolute Gasteiger partial charge is 2.00 e. The second kappa shape index (κ2) is 4.84. The van der Waals surface area contributed by atoms with Crippen molar-refractivity contribution >= 4 is 7.82 Å². The molecule has 7 heavy (non-hydrogen) atoms. The van der Waals surface area contributed by atoms with Gasteiger partial charge in [0, 0.05) is 0 Å². The molecule has 0 atom stereocenters. The minimum Gasteiger partial charge on any atom is -2.00 e. The molecule has 0 saturated heterocycles. The molecule has 0 aromatic carbocycles. The molecule has 0 aliphatic rings. The molecule has 5 nitrogen and oxygen atoms in total. The van der Waals surface area contributed by atoms with Crippen molar-refractivity contribution in [1.29, 1.82) is 0 Å². The first-order valence-electron chi connectivity index (χ1n) is 0.783. The summed E-state index contributed by atoms with van der Waals surface area (Å²) in [6.07, 6.45) is 0. The molecular formula is H3O5PZn. The van der Waals surface area contributed by atoms with Crippen molar-refractivity contribution in [3.8, 4) is 0 Å². The molecule has 40 valence electrons. The van der Waals surface area contributed by atoms with Crippen molar-refractivity contribution in [2.75, 3.05) is 0 Å². The van der Waals surface area contributed by atoms with Crippen LogP contribution < -0.4 is 0 Å². The topological polar surface area (TPSA) is 106 Å². The molecule has 0 saturated carbocycles. The fourth-order valence-corrected chi connectivity index (χ4v) is 0. The summed E-state index contributed by atoms with van der Waals surface area (Å²) in [7, 11) is -4.64. The van der Waals surface area contributed by atoms with E-state index in [1.54, 1.807) is 0 Å². The Bertz CT molecular complexity index is 54.2. The van der Waals surface area contributed by atoms with E-state index in [2.05, 4.69) is 0 Å². The van der Waals surface area contributed by atoms with E-state index in [4.69, 9.17) is 19.2 Å². The molecule has 0 amide bonds.